The minimum atomic E-state index is -3.84. The molecule has 1 aromatic heterocycles. The van der Waals surface area contributed by atoms with Crippen LogP contribution in [-0.2, 0) is 38.7 Å². The number of carbonyl (C=O) groups excluding carboxylic acids is 5. The number of hydrogen-bond donors (Lipinski definition) is 1. The molecule has 0 spiro atoms. The van der Waals surface area contributed by atoms with Crippen molar-refractivity contribution in [3.8, 4) is 5.88 Å². The maximum Gasteiger partial charge on any atom is 0.307 e. The van der Waals surface area contributed by atoms with Crippen LogP contribution in [-0.4, -0.2) is 77.2 Å². The van der Waals surface area contributed by atoms with E-state index in [0.29, 0.717) is 37.5 Å². The lowest BCUT2D eigenvalue weighted by Crippen LogP contribution is -2.46. The van der Waals surface area contributed by atoms with Crippen LogP contribution in [0.2, 0.25) is 0 Å². The summed E-state index contributed by atoms with van der Waals surface area (Å²) in [6, 6.07) is 7.12. The zero-order valence-corrected chi connectivity index (χ0v) is 33.7. The first-order valence-electron chi connectivity index (χ1n) is 19.7. The fraction of sp³-hybridized carbons (Fsp3) is 0.619. The van der Waals surface area contributed by atoms with Gasteiger partial charge in [-0.2, -0.15) is 0 Å². The van der Waals surface area contributed by atoms with Gasteiger partial charge in [0.1, 0.15) is 11.7 Å². The normalized spacial score (nSPS) is 24.2. The van der Waals surface area contributed by atoms with Crippen molar-refractivity contribution < 1.29 is 41.9 Å². The molecule has 0 radical (unpaired) electrons. The molecule has 1 N–H and O–H groups in total. The highest BCUT2D eigenvalue weighted by atomic mass is 32.2. The van der Waals surface area contributed by atoms with Gasteiger partial charge in [-0.05, 0) is 114 Å². The van der Waals surface area contributed by atoms with E-state index in [1.165, 1.54) is 16.5 Å². The van der Waals surface area contributed by atoms with Gasteiger partial charge in [-0.3, -0.25) is 28.7 Å². The second-order valence-electron chi connectivity index (χ2n) is 17.4. The van der Waals surface area contributed by atoms with E-state index in [1.807, 2.05) is 19.1 Å². The third kappa shape index (κ3) is 9.82. The summed E-state index contributed by atoms with van der Waals surface area (Å²) >= 11 is 0. The van der Waals surface area contributed by atoms with E-state index in [2.05, 4.69) is 21.8 Å². The maximum absolute atomic E-state index is 14.6. The molecule has 13 heteroatoms. The number of fused-ring (bicyclic) bond motifs is 1. The molecular weight excluding hydrogens is 723 g/mol. The van der Waals surface area contributed by atoms with Gasteiger partial charge in [0, 0.05) is 36.8 Å². The summed E-state index contributed by atoms with van der Waals surface area (Å²) < 4.78 is 39.9. The van der Waals surface area contributed by atoms with Crippen molar-refractivity contribution in [3.05, 3.63) is 47.7 Å². The van der Waals surface area contributed by atoms with Crippen molar-refractivity contribution in [2.75, 3.05) is 6.54 Å². The van der Waals surface area contributed by atoms with Gasteiger partial charge in [-0.25, -0.2) is 13.4 Å². The smallest absolute Gasteiger partial charge is 0.307 e. The molecule has 12 nitrogen and oxygen atoms in total. The monoisotopic (exact) mass is 777 g/mol. The number of benzene rings is 1. The number of Topliss-reactive ketones (excluding diaryl/α,β-unsaturated/α-hetero) is 1. The van der Waals surface area contributed by atoms with E-state index in [1.54, 1.807) is 40.8 Å². The van der Waals surface area contributed by atoms with Crippen LogP contribution in [0.15, 0.2) is 42.1 Å². The van der Waals surface area contributed by atoms with Gasteiger partial charge in [0.25, 0.3) is 0 Å². The average Bonchev–Trinajstić information content (AvgIpc) is 3.98. The SMILES string of the molecule is CC[C@@H]1C[C@]1(CC(=O)[C@@H]1C[C@@H](Oc2nccc3cc(C4CC4)ccc23)CN1C(=O)[C@H](CCC(=O)C=C(C)C)CC(=O)OC(C)(C)C)C(=O)NS(=O)(=O)C1CC1. The van der Waals surface area contributed by atoms with E-state index in [0.717, 1.165) is 29.2 Å². The predicted octanol–water partition coefficient (Wildman–Crippen LogP) is 6.11. The van der Waals surface area contributed by atoms with Crippen molar-refractivity contribution in [3.63, 3.8) is 0 Å². The Morgan fingerprint density at radius 3 is 2.42 bits per heavy atom. The zero-order valence-electron chi connectivity index (χ0n) is 32.9. The van der Waals surface area contributed by atoms with Gasteiger partial charge in [0.2, 0.25) is 27.7 Å². The van der Waals surface area contributed by atoms with Crippen LogP contribution in [0.25, 0.3) is 10.8 Å². The van der Waals surface area contributed by atoms with Gasteiger partial charge in [-0.1, -0.05) is 31.1 Å². The number of pyridine rings is 1. The summed E-state index contributed by atoms with van der Waals surface area (Å²) in [4.78, 5) is 74.6. The lowest BCUT2D eigenvalue weighted by atomic mass is 9.90. The Kier molecular flexibility index (Phi) is 11.6. The first-order chi connectivity index (χ1) is 25.9. The van der Waals surface area contributed by atoms with Crippen molar-refractivity contribution in [1.29, 1.82) is 0 Å². The van der Waals surface area contributed by atoms with E-state index in [-0.39, 0.29) is 56.1 Å². The third-order valence-electron chi connectivity index (χ3n) is 11.2. The van der Waals surface area contributed by atoms with Gasteiger partial charge in [0.15, 0.2) is 11.6 Å². The predicted molar refractivity (Wildman–Crippen MR) is 206 cm³/mol. The lowest BCUT2D eigenvalue weighted by Gasteiger charge is -2.29. The van der Waals surface area contributed by atoms with Crippen LogP contribution in [0.5, 0.6) is 5.88 Å². The molecule has 2 amide bonds. The number of esters is 1. The van der Waals surface area contributed by atoms with Crippen LogP contribution < -0.4 is 9.46 Å². The number of carbonyl (C=O) groups is 5. The Balaban J connectivity index is 1.28. The molecule has 1 aliphatic heterocycles. The largest absolute Gasteiger partial charge is 0.472 e. The fourth-order valence-corrected chi connectivity index (χ4v) is 9.36. The van der Waals surface area contributed by atoms with E-state index >= 15 is 0 Å². The molecule has 2 aromatic rings. The summed E-state index contributed by atoms with van der Waals surface area (Å²) in [7, 11) is -3.84. The standard InChI is InChI=1S/C42H55N3O9S/c1-7-30-22-42(30,40(50)44-55(51,52)33-13-14-33)23-36(47)35-21-32(53-38-34-15-11-27(26-8-9-26)19-28(34)16-17-43-38)24-45(35)39(49)29(10-12-31(46)18-25(2)3)20-37(48)54-41(4,5)6/h11,15-19,26,29-30,32-33,35H,7-10,12-14,20-24H2,1-6H3,(H,44,50)/t29-,30-,32-,35+,42-/m1/s1. The molecule has 55 heavy (non-hydrogen) atoms. The number of ketones is 2. The number of hydrogen-bond acceptors (Lipinski definition) is 10. The van der Waals surface area contributed by atoms with Crippen molar-refractivity contribution in [1.82, 2.24) is 14.6 Å². The quantitative estimate of drug-likeness (QED) is 0.146. The number of nitrogens with one attached hydrogen (secondary N) is 1. The minimum Gasteiger partial charge on any atom is -0.472 e. The van der Waals surface area contributed by atoms with Gasteiger partial charge in [-0.15, -0.1) is 0 Å². The summed E-state index contributed by atoms with van der Waals surface area (Å²) in [6.45, 7) is 10.7. The number of sulfonamides is 1. The molecule has 1 saturated heterocycles. The van der Waals surface area contributed by atoms with Gasteiger partial charge >= 0.3 is 5.97 Å². The van der Waals surface area contributed by atoms with Crippen LogP contribution in [0.3, 0.4) is 0 Å². The van der Waals surface area contributed by atoms with Crippen LogP contribution >= 0.6 is 0 Å². The number of ether oxygens (including phenoxy) is 2. The topological polar surface area (TPSA) is 166 Å². The highest BCUT2D eigenvalue weighted by Crippen LogP contribution is 2.58. The van der Waals surface area contributed by atoms with Crippen LogP contribution in [0.4, 0.5) is 0 Å². The maximum atomic E-state index is 14.6. The summed E-state index contributed by atoms with van der Waals surface area (Å²) in [5.41, 5.74) is 0.0650. The summed E-state index contributed by atoms with van der Waals surface area (Å²) in [5.74, 6) is -2.55. The first-order valence-corrected chi connectivity index (χ1v) is 21.3. The first kappa shape index (κ1) is 40.5. The third-order valence-corrected chi connectivity index (χ3v) is 13.1. The molecule has 5 atom stereocenters. The second-order valence-corrected chi connectivity index (χ2v) is 19.3. The Bertz CT molecular complexity index is 1990. The van der Waals surface area contributed by atoms with Crippen molar-refractivity contribution >= 4 is 50.1 Å². The summed E-state index contributed by atoms with van der Waals surface area (Å²) in [6.07, 6.45) is 6.39. The van der Waals surface area contributed by atoms with Gasteiger partial charge in [0.05, 0.1) is 29.7 Å². The average molecular weight is 778 g/mol. The lowest BCUT2D eigenvalue weighted by molar-refractivity contribution is -0.159. The molecule has 4 fully saturated rings. The molecule has 0 unspecified atom stereocenters. The number of nitrogens with zero attached hydrogens (tertiary/aromatic N) is 2. The van der Waals surface area contributed by atoms with E-state index in [9.17, 15) is 32.4 Å². The van der Waals surface area contributed by atoms with Gasteiger partial charge < -0.3 is 14.4 Å². The molecule has 6 rings (SSSR count). The van der Waals surface area contributed by atoms with E-state index in [4.69, 9.17) is 9.47 Å². The van der Waals surface area contributed by atoms with Crippen molar-refractivity contribution in [2.24, 2.45) is 17.3 Å². The molecule has 0 bridgehead atoms. The number of allylic oxidation sites excluding steroid dienone is 2. The highest BCUT2D eigenvalue weighted by molar-refractivity contribution is 7.90. The second kappa shape index (κ2) is 15.8. The van der Waals surface area contributed by atoms with E-state index < -0.39 is 62.1 Å². The Morgan fingerprint density at radius 2 is 1.80 bits per heavy atom. The molecule has 1 aromatic carbocycles. The fourth-order valence-electron chi connectivity index (χ4n) is 7.98. The molecular formula is C42H55N3O9S. The molecule has 2 heterocycles. The number of rotatable bonds is 17. The number of amides is 2. The molecule has 3 saturated carbocycles. The minimum absolute atomic E-state index is 0.00661. The number of likely N-dealkylation sites (tertiary alicyclic amines) is 1. The van der Waals surface area contributed by atoms with Crippen LogP contribution in [0.1, 0.15) is 124 Å². The highest BCUT2D eigenvalue weighted by Gasteiger charge is 2.61. The van der Waals surface area contributed by atoms with Crippen LogP contribution in [0, 0.1) is 17.3 Å². The van der Waals surface area contributed by atoms with Crippen molar-refractivity contribution in [2.45, 2.75) is 141 Å². The molecule has 3 aliphatic carbocycles. The Labute approximate surface area is 324 Å². The summed E-state index contributed by atoms with van der Waals surface area (Å²) in [5, 5.41) is 1.17. The number of aromatic nitrogens is 1. The zero-order chi connectivity index (χ0) is 39.9. The molecule has 4 aliphatic rings. The Hall–Kier alpha value is -4.13. The molecule has 298 valence electrons. The Morgan fingerprint density at radius 1 is 1.07 bits per heavy atom.